The van der Waals surface area contributed by atoms with Gasteiger partial charge >= 0.3 is 0 Å². The molecule has 0 aliphatic rings. The first-order valence-electron chi connectivity index (χ1n) is 7.09. The minimum atomic E-state index is 0.459. The summed E-state index contributed by atoms with van der Waals surface area (Å²) in [4.78, 5) is 4.49. The van der Waals surface area contributed by atoms with Gasteiger partial charge in [-0.05, 0) is 29.8 Å². The summed E-state index contributed by atoms with van der Waals surface area (Å²) in [6.07, 6.45) is 1.89. The van der Waals surface area contributed by atoms with Crippen LogP contribution in [0.1, 0.15) is 19.4 Å². The Labute approximate surface area is 133 Å². The SMILES string of the molecule is CC(C)NCc1ccc(Br)cc1-n1cnc2ccccc21. The maximum absolute atomic E-state index is 4.49. The van der Waals surface area contributed by atoms with Crippen LogP contribution in [0.2, 0.25) is 0 Å². The number of benzene rings is 2. The molecule has 0 aliphatic heterocycles. The molecule has 21 heavy (non-hydrogen) atoms. The third-order valence-corrected chi connectivity index (χ3v) is 3.95. The summed E-state index contributed by atoms with van der Waals surface area (Å²) in [6.45, 7) is 5.16. The fraction of sp³-hybridized carbons (Fsp3) is 0.235. The van der Waals surface area contributed by atoms with E-state index in [1.807, 2.05) is 24.5 Å². The highest BCUT2D eigenvalue weighted by atomic mass is 79.9. The molecule has 0 unspecified atom stereocenters. The summed E-state index contributed by atoms with van der Waals surface area (Å²) in [5, 5.41) is 3.48. The third kappa shape index (κ3) is 3.01. The molecule has 0 atom stereocenters. The first-order chi connectivity index (χ1) is 10.1. The lowest BCUT2D eigenvalue weighted by Crippen LogP contribution is -2.22. The Bertz CT molecular complexity index is 762. The zero-order valence-corrected chi connectivity index (χ0v) is 13.8. The molecule has 0 spiro atoms. The normalized spacial score (nSPS) is 11.4. The molecular weight excluding hydrogens is 326 g/mol. The summed E-state index contributed by atoms with van der Waals surface area (Å²) in [5.41, 5.74) is 4.56. The van der Waals surface area contributed by atoms with E-state index in [1.54, 1.807) is 0 Å². The van der Waals surface area contributed by atoms with E-state index < -0.39 is 0 Å². The number of imidazole rings is 1. The maximum atomic E-state index is 4.49. The van der Waals surface area contributed by atoms with Crippen molar-refractivity contribution < 1.29 is 0 Å². The van der Waals surface area contributed by atoms with Gasteiger partial charge in [-0.1, -0.05) is 48.0 Å². The molecule has 0 bridgehead atoms. The van der Waals surface area contributed by atoms with E-state index in [0.717, 1.165) is 27.7 Å². The summed E-state index contributed by atoms with van der Waals surface area (Å²) < 4.78 is 3.22. The molecule has 0 saturated carbocycles. The fourth-order valence-corrected chi connectivity index (χ4v) is 2.72. The van der Waals surface area contributed by atoms with Crippen LogP contribution < -0.4 is 5.32 Å². The predicted octanol–water partition coefficient (Wildman–Crippen LogP) is 4.29. The van der Waals surface area contributed by atoms with Crippen molar-refractivity contribution in [3.8, 4) is 5.69 Å². The number of aromatic nitrogens is 2. The van der Waals surface area contributed by atoms with Crippen molar-refractivity contribution in [2.24, 2.45) is 0 Å². The van der Waals surface area contributed by atoms with Crippen LogP contribution in [0.15, 0.2) is 53.3 Å². The van der Waals surface area contributed by atoms with E-state index in [1.165, 1.54) is 5.56 Å². The molecule has 1 heterocycles. The minimum Gasteiger partial charge on any atom is -0.310 e. The van der Waals surface area contributed by atoms with E-state index >= 15 is 0 Å². The average Bonchev–Trinajstić information content (AvgIpc) is 2.89. The molecule has 3 rings (SSSR count). The van der Waals surface area contributed by atoms with Crippen LogP contribution >= 0.6 is 15.9 Å². The van der Waals surface area contributed by atoms with Gasteiger partial charge in [0.05, 0.1) is 16.7 Å². The lowest BCUT2D eigenvalue weighted by Gasteiger charge is -2.14. The highest BCUT2D eigenvalue weighted by Gasteiger charge is 2.09. The second kappa shape index (κ2) is 6.00. The first kappa shape index (κ1) is 14.3. The zero-order chi connectivity index (χ0) is 14.8. The van der Waals surface area contributed by atoms with Crippen molar-refractivity contribution in [2.45, 2.75) is 26.4 Å². The average molecular weight is 344 g/mol. The molecule has 1 aromatic heterocycles. The summed E-state index contributed by atoms with van der Waals surface area (Å²) in [7, 11) is 0. The second-order valence-corrected chi connectivity index (χ2v) is 6.33. The highest BCUT2D eigenvalue weighted by Crippen LogP contribution is 2.24. The van der Waals surface area contributed by atoms with Crippen molar-refractivity contribution in [2.75, 3.05) is 0 Å². The van der Waals surface area contributed by atoms with E-state index in [4.69, 9.17) is 0 Å². The molecule has 0 radical (unpaired) electrons. The van der Waals surface area contributed by atoms with Gasteiger partial charge in [0, 0.05) is 17.1 Å². The Balaban J connectivity index is 2.10. The summed E-state index contributed by atoms with van der Waals surface area (Å²) in [6, 6.07) is 15.0. The van der Waals surface area contributed by atoms with E-state index in [2.05, 4.69) is 68.9 Å². The number of nitrogens with one attached hydrogen (secondary N) is 1. The Hall–Kier alpha value is -1.65. The Morgan fingerprint density at radius 2 is 2.00 bits per heavy atom. The molecule has 3 aromatic rings. The number of hydrogen-bond donors (Lipinski definition) is 1. The van der Waals surface area contributed by atoms with Crippen molar-refractivity contribution in [1.29, 1.82) is 0 Å². The number of fused-ring (bicyclic) bond motifs is 1. The quantitative estimate of drug-likeness (QED) is 0.765. The number of hydrogen-bond acceptors (Lipinski definition) is 2. The van der Waals surface area contributed by atoms with E-state index in [9.17, 15) is 0 Å². The van der Waals surface area contributed by atoms with Crippen molar-refractivity contribution in [3.63, 3.8) is 0 Å². The zero-order valence-electron chi connectivity index (χ0n) is 12.2. The molecule has 0 amide bonds. The smallest absolute Gasteiger partial charge is 0.100 e. The number of nitrogens with zero attached hydrogens (tertiary/aromatic N) is 2. The van der Waals surface area contributed by atoms with Gasteiger partial charge in [-0.25, -0.2) is 4.98 Å². The number of halogens is 1. The van der Waals surface area contributed by atoms with Crippen molar-refractivity contribution in [1.82, 2.24) is 14.9 Å². The molecule has 0 aliphatic carbocycles. The van der Waals surface area contributed by atoms with Gasteiger partial charge < -0.3 is 5.32 Å². The second-order valence-electron chi connectivity index (χ2n) is 5.41. The highest BCUT2D eigenvalue weighted by molar-refractivity contribution is 9.10. The predicted molar refractivity (Wildman–Crippen MR) is 90.7 cm³/mol. The number of rotatable bonds is 4. The van der Waals surface area contributed by atoms with Crippen LogP contribution in [0, 0.1) is 0 Å². The molecule has 4 heteroatoms. The number of para-hydroxylation sites is 2. The first-order valence-corrected chi connectivity index (χ1v) is 7.89. The van der Waals surface area contributed by atoms with E-state index in [0.29, 0.717) is 6.04 Å². The molecular formula is C17H18BrN3. The molecule has 1 N–H and O–H groups in total. The lowest BCUT2D eigenvalue weighted by atomic mass is 10.1. The Morgan fingerprint density at radius 1 is 1.19 bits per heavy atom. The van der Waals surface area contributed by atoms with Crippen molar-refractivity contribution in [3.05, 3.63) is 58.8 Å². The molecule has 2 aromatic carbocycles. The lowest BCUT2D eigenvalue weighted by molar-refractivity contribution is 0.587. The van der Waals surface area contributed by atoms with Crippen LogP contribution in [0.5, 0.6) is 0 Å². The minimum absolute atomic E-state index is 0.459. The monoisotopic (exact) mass is 343 g/mol. The van der Waals surface area contributed by atoms with Crippen LogP contribution in [0.25, 0.3) is 16.7 Å². The molecule has 0 fully saturated rings. The fourth-order valence-electron chi connectivity index (χ4n) is 2.38. The van der Waals surface area contributed by atoms with Crippen LogP contribution in [0.3, 0.4) is 0 Å². The van der Waals surface area contributed by atoms with Gasteiger partial charge in [-0.3, -0.25) is 4.57 Å². The van der Waals surface area contributed by atoms with Crippen LogP contribution in [-0.4, -0.2) is 15.6 Å². The van der Waals surface area contributed by atoms with E-state index in [-0.39, 0.29) is 0 Å². The largest absolute Gasteiger partial charge is 0.310 e. The maximum Gasteiger partial charge on any atom is 0.100 e. The molecule has 108 valence electrons. The van der Waals surface area contributed by atoms with Crippen LogP contribution in [-0.2, 0) is 6.54 Å². The third-order valence-electron chi connectivity index (χ3n) is 3.46. The summed E-state index contributed by atoms with van der Waals surface area (Å²) in [5.74, 6) is 0. The van der Waals surface area contributed by atoms with Crippen LogP contribution in [0.4, 0.5) is 0 Å². The van der Waals surface area contributed by atoms with Crippen molar-refractivity contribution >= 4 is 27.0 Å². The Kier molecular flexibility index (Phi) is 4.08. The van der Waals surface area contributed by atoms with Gasteiger partial charge in [0.2, 0.25) is 0 Å². The Morgan fingerprint density at radius 3 is 2.81 bits per heavy atom. The summed E-state index contributed by atoms with van der Waals surface area (Å²) >= 11 is 3.57. The standard InChI is InChI=1S/C17H18BrN3/c1-12(2)19-10-13-7-8-14(18)9-17(13)21-11-20-15-5-3-4-6-16(15)21/h3-9,11-12,19H,10H2,1-2H3. The van der Waals surface area contributed by atoms with Gasteiger partial charge in [-0.2, -0.15) is 0 Å². The molecule has 3 nitrogen and oxygen atoms in total. The van der Waals surface area contributed by atoms with Gasteiger partial charge in [0.15, 0.2) is 0 Å². The van der Waals surface area contributed by atoms with Gasteiger partial charge in [0.1, 0.15) is 6.33 Å². The van der Waals surface area contributed by atoms with Gasteiger partial charge in [0.25, 0.3) is 0 Å². The molecule has 0 saturated heterocycles. The topological polar surface area (TPSA) is 29.9 Å². The van der Waals surface area contributed by atoms with Gasteiger partial charge in [-0.15, -0.1) is 0 Å².